The van der Waals surface area contributed by atoms with Crippen molar-refractivity contribution >= 4 is 40.1 Å². The van der Waals surface area contributed by atoms with E-state index in [0.717, 1.165) is 16.6 Å². The lowest BCUT2D eigenvalue weighted by Crippen LogP contribution is -2.19. The lowest BCUT2D eigenvalue weighted by molar-refractivity contribution is -0.116. The summed E-state index contributed by atoms with van der Waals surface area (Å²) in [7, 11) is 3.47. The number of rotatable bonds is 2. The smallest absolute Gasteiger partial charge is 0.303 e. The van der Waals surface area contributed by atoms with Crippen LogP contribution in [-0.4, -0.2) is 32.2 Å². The van der Waals surface area contributed by atoms with Crippen LogP contribution in [0.1, 0.15) is 5.56 Å². The molecule has 0 bridgehead atoms. The van der Waals surface area contributed by atoms with Gasteiger partial charge in [0.25, 0.3) is 0 Å². The first-order valence-corrected chi connectivity index (χ1v) is 7.24. The standard InChI is InChI=1S/C13H13N5O2S/c1-17-9-4-3-8(5-10(9)18(2)13(17)20)6-14-16-12-15-11(19)7-21-12/h3-6H,7H2,1-2H3,(H,15,16,19)/b14-6+. The second-order valence-corrected chi connectivity index (χ2v) is 5.60. The topological polar surface area (TPSA) is 80.8 Å². The van der Waals surface area contributed by atoms with E-state index in [1.54, 1.807) is 29.4 Å². The Morgan fingerprint density at radius 1 is 1.24 bits per heavy atom. The zero-order valence-corrected chi connectivity index (χ0v) is 12.3. The minimum absolute atomic E-state index is 0.0605. The van der Waals surface area contributed by atoms with Gasteiger partial charge in [0, 0.05) is 14.1 Å². The number of benzene rings is 1. The van der Waals surface area contributed by atoms with Crippen LogP contribution in [-0.2, 0) is 18.9 Å². The van der Waals surface area contributed by atoms with Gasteiger partial charge in [-0.1, -0.05) is 17.8 Å². The molecule has 21 heavy (non-hydrogen) atoms. The van der Waals surface area contributed by atoms with Crippen molar-refractivity contribution in [3.8, 4) is 0 Å². The van der Waals surface area contributed by atoms with Crippen molar-refractivity contribution in [1.29, 1.82) is 0 Å². The second kappa shape index (κ2) is 5.21. The fourth-order valence-corrected chi connectivity index (χ4v) is 2.76. The van der Waals surface area contributed by atoms with Crippen molar-refractivity contribution in [1.82, 2.24) is 14.5 Å². The van der Waals surface area contributed by atoms with Gasteiger partial charge in [0.15, 0.2) is 5.17 Å². The molecule has 2 aromatic rings. The number of hydrogen-bond acceptors (Lipinski definition) is 5. The number of imidazole rings is 1. The molecule has 1 aliphatic heterocycles. The quantitative estimate of drug-likeness (QED) is 0.645. The Labute approximate surface area is 124 Å². The first-order chi connectivity index (χ1) is 10.1. The minimum atomic E-state index is -0.0654. The summed E-state index contributed by atoms with van der Waals surface area (Å²) < 4.78 is 3.19. The largest absolute Gasteiger partial charge is 0.328 e. The number of carbonyl (C=O) groups is 1. The Bertz CT molecular complexity index is 846. The maximum Gasteiger partial charge on any atom is 0.328 e. The van der Waals surface area contributed by atoms with Gasteiger partial charge in [-0.25, -0.2) is 4.79 Å². The summed E-state index contributed by atoms with van der Waals surface area (Å²) in [5.41, 5.74) is 2.47. The predicted molar refractivity (Wildman–Crippen MR) is 83.8 cm³/mol. The molecule has 2 heterocycles. The van der Waals surface area contributed by atoms with Gasteiger partial charge in [0.1, 0.15) is 0 Å². The Kier molecular flexibility index (Phi) is 3.38. The molecule has 0 saturated carbocycles. The monoisotopic (exact) mass is 303 g/mol. The summed E-state index contributed by atoms with van der Waals surface area (Å²) in [6.45, 7) is 0. The van der Waals surface area contributed by atoms with Crippen LogP contribution in [0.5, 0.6) is 0 Å². The number of amidine groups is 1. The number of hydrogen-bond donors (Lipinski definition) is 1. The third-order valence-electron chi connectivity index (χ3n) is 3.24. The van der Waals surface area contributed by atoms with Gasteiger partial charge in [0.05, 0.1) is 23.0 Å². The van der Waals surface area contributed by atoms with Crippen LogP contribution >= 0.6 is 11.8 Å². The molecule has 1 aromatic heterocycles. The van der Waals surface area contributed by atoms with Gasteiger partial charge in [-0.3, -0.25) is 13.9 Å². The summed E-state index contributed by atoms with van der Waals surface area (Å²) in [5, 5.41) is 11.0. The van der Waals surface area contributed by atoms with E-state index in [4.69, 9.17) is 0 Å². The maximum absolute atomic E-state index is 11.8. The highest BCUT2D eigenvalue weighted by atomic mass is 32.2. The fourth-order valence-electron chi connectivity index (χ4n) is 2.13. The highest BCUT2D eigenvalue weighted by molar-refractivity contribution is 8.15. The number of aryl methyl sites for hydroxylation is 2. The average molecular weight is 303 g/mol. The van der Waals surface area contributed by atoms with E-state index in [9.17, 15) is 9.59 Å². The van der Waals surface area contributed by atoms with Crippen molar-refractivity contribution in [2.45, 2.75) is 0 Å². The molecule has 7 nitrogen and oxygen atoms in total. The van der Waals surface area contributed by atoms with Crippen LogP contribution in [0.15, 0.2) is 33.2 Å². The van der Waals surface area contributed by atoms with Gasteiger partial charge in [-0.2, -0.15) is 5.10 Å². The molecular formula is C13H13N5O2S. The predicted octanol–water partition coefficient (Wildman–Crippen LogP) is 0.430. The zero-order chi connectivity index (χ0) is 15.0. The molecule has 1 fully saturated rings. The molecule has 3 rings (SSSR count). The van der Waals surface area contributed by atoms with E-state index < -0.39 is 0 Å². The Morgan fingerprint density at radius 3 is 2.71 bits per heavy atom. The lowest BCUT2D eigenvalue weighted by Gasteiger charge is -1.96. The summed E-state index contributed by atoms with van der Waals surface area (Å²) in [4.78, 5) is 22.9. The second-order valence-electron chi connectivity index (χ2n) is 4.64. The van der Waals surface area contributed by atoms with Crippen LogP contribution in [0, 0.1) is 0 Å². The molecule has 1 N–H and O–H groups in total. The third kappa shape index (κ3) is 2.49. The molecule has 0 atom stereocenters. The lowest BCUT2D eigenvalue weighted by atomic mass is 10.2. The minimum Gasteiger partial charge on any atom is -0.303 e. The van der Waals surface area contributed by atoms with Crippen molar-refractivity contribution in [2.75, 3.05) is 5.75 Å². The molecule has 1 aromatic carbocycles. The molecule has 1 aliphatic rings. The van der Waals surface area contributed by atoms with Crippen LogP contribution in [0.2, 0.25) is 0 Å². The fraction of sp³-hybridized carbons (Fsp3) is 0.231. The molecule has 8 heteroatoms. The number of thioether (sulfide) groups is 1. The molecule has 0 radical (unpaired) electrons. The Morgan fingerprint density at radius 2 is 2.00 bits per heavy atom. The SMILES string of the molecule is Cn1c(=O)n(C)c2cc(/C=N/N=C3/NC(=O)CS3)ccc21. The van der Waals surface area contributed by atoms with Crippen LogP contribution < -0.4 is 11.0 Å². The summed E-state index contributed by atoms with van der Waals surface area (Å²) in [5.74, 6) is 0.321. The molecule has 1 saturated heterocycles. The van der Waals surface area contributed by atoms with E-state index in [1.165, 1.54) is 11.8 Å². The number of carbonyl (C=O) groups excluding carboxylic acids is 1. The maximum atomic E-state index is 11.8. The van der Waals surface area contributed by atoms with Crippen molar-refractivity contribution in [3.63, 3.8) is 0 Å². The zero-order valence-electron chi connectivity index (χ0n) is 11.5. The summed E-state index contributed by atoms with van der Waals surface area (Å²) >= 11 is 1.32. The first-order valence-electron chi connectivity index (χ1n) is 6.25. The normalized spacial score (nSPS) is 17.2. The van der Waals surface area contributed by atoms with Gasteiger partial charge >= 0.3 is 5.69 Å². The average Bonchev–Trinajstić information content (AvgIpc) is 2.98. The van der Waals surface area contributed by atoms with E-state index in [2.05, 4.69) is 15.5 Å². The van der Waals surface area contributed by atoms with Gasteiger partial charge < -0.3 is 5.32 Å². The van der Waals surface area contributed by atoms with Gasteiger partial charge in [0.2, 0.25) is 5.91 Å². The van der Waals surface area contributed by atoms with Crippen molar-refractivity contribution in [3.05, 3.63) is 34.2 Å². The highest BCUT2D eigenvalue weighted by Crippen LogP contribution is 2.13. The number of fused-ring (bicyclic) bond motifs is 1. The van der Waals surface area contributed by atoms with Crippen LogP contribution in [0.3, 0.4) is 0 Å². The molecule has 0 aliphatic carbocycles. The molecule has 0 unspecified atom stereocenters. The molecule has 1 amide bonds. The van der Waals surface area contributed by atoms with Crippen molar-refractivity contribution < 1.29 is 4.79 Å². The first kappa shape index (κ1) is 13.6. The number of nitrogens with zero attached hydrogens (tertiary/aromatic N) is 4. The van der Waals surface area contributed by atoms with Crippen LogP contribution in [0.25, 0.3) is 11.0 Å². The molecular weight excluding hydrogens is 290 g/mol. The molecule has 0 spiro atoms. The van der Waals surface area contributed by atoms with E-state index in [1.807, 2.05) is 18.2 Å². The number of amides is 1. The summed E-state index contributed by atoms with van der Waals surface area (Å²) in [6.07, 6.45) is 1.59. The third-order valence-corrected chi connectivity index (χ3v) is 4.10. The Balaban J connectivity index is 1.90. The van der Waals surface area contributed by atoms with Crippen molar-refractivity contribution in [2.24, 2.45) is 24.3 Å². The molecule has 108 valence electrons. The highest BCUT2D eigenvalue weighted by Gasteiger charge is 2.15. The van der Waals surface area contributed by atoms with E-state index in [-0.39, 0.29) is 11.6 Å². The van der Waals surface area contributed by atoms with Crippen LogP contribution in [0.4, 0.5) is 0 Å². The van der Waals surface area contributed by atoms with E-state index >= 15 is 0 Å². The number of aromatic nitrogens is 2. The van der Waals surface area contributed by atoms with E-state index in [0.29, 0.717) is 10.9 Å². The number of nitrogens with one attached hydrogen (secondary N) is 1. The summed E-state index contributed by atoms with van der Waals surface area (Å²) in [6, 6.07) is 5.62. The van der Waals surface area contributed by atoms with Gasteiger partial charge in [-0.15, -0.1) is 5.10 Å². The van der Waals surface area contributed by atoms with Gasteiger partial charge in [-0.05, 0) is 17.7 Å². The Hall–Kier alpha value is -2.35.